The molecule has 5 aromatic rings. The molecule has 0 spiro atoms. The molecule has 0 aliphatic carbocycles. The molecule has 0 radical (unpaired) electrons. The normalized spacial score (nSPS) is 14.0. The Kier molecular flexibility index (Phi) is 7.41. The number of halogens is 2. The second kappa shape index (κ2) is 11.1. The second-order valence-electron chi connectivity index (χ2n) is 10.4. The maximum atomic E-state index is 13.9. The molecule has 1 saturated heterocycles. The third kappa shape index (κ3) is 5.16. The van der Waals surface area contributed by atoms with Gasteiger partial charge in [-0.15, -0.1) is 0 Å². The first-order valence-electron chi connectivity index (χ1n) is 13.6. The zero-order chi connectivity index (χ0) is 28.7. The van der Waals surface area contributed by atoms with Gasteiger partial charge in [0.05, 0.1) is 21.1 Å². The van der Waals surface area contributed by atoms with Crippen molar-refractivity contribution < 1.29 is 9.32 Å². The van der Waals surface area contributed by atoms with Gasteiger partial charge in [-0.25, -0.2) is 9.97 Å². The molecule has 0 bridgehead atoms. The maximum Gasteiger partial charge on any atom is 0.259 e. The fourth-order valence-corrected chi connectivity index (χ4v) is 5.90. The van der Waals surface area contributed by atoms with Gasteiger partial charge >= 0.3 is 0 Å². The second-order valence-corrected chi connectivity index (χ2v) is 11.2. The molecular formula is C32H29Cl2N5O2. The molecule has 7 nitrogen and oxygen atoms in total. The van der Waals surface area contributed by atoms with E-state index in [1.54, 1.807) is 25.1 Å². The minimum Gasteiger partial charge on any atom is -0.360 e. The monoisotopic (exact) mass is 585 g/mol. The third-order valence-corrected chi connectivity index (χ3v) is 8.30. The zero-order valence-corrected chi connectivity index (χ0v) is 24.6. The molecule has 6 rings (SSSR count). The van der Waals surface area contributed by atoms with Crippen LogP contribution in [0.25, 0.3) is 33.5 Å². The van der Waals surface area contributed by atoms with E-state index < -0.39 is 0 Å². The van der Waals surface area contributed by atoms with E-state index in [9.17, 15) is 4.79 Å². The average molecular weight is 587 g/mol. The molecule has 1 aliphatic heterocycles. The van der Waals surface area contributed by atoms with Crippen LogP contribution in [0, 0.1) is 20.8 Å². The van der Waals surface area contributed by atoms with Crippen molar-refractivity contribution in [3.05, 3.63) is 93.2 Å². The van der Waals surface area contributed by atoms with Crippen LogP contribution in [-0.4, -0.2) is 52.1 Å². The van der Waals surface area contributed by atoms with Crippen LogP contribution in [0.1, 0.15) is 33.7 Å². The summed E-state index contributed by atoms with van der Waals surface area (Å²) < 4.78 is 5.47. The van der Waals surface area contributed by atoms with Crippen LogP contribution in [0.4, 0.5) is 5.82 Å². The highest BCUT2D eigenvalue weighted by atomic mass is 35.5. The van der Waals surface area contributed by atoms with E-state index in [4.69, 9.17) is 37.7 Å². The topological polar surface area (TPSA) is 75.4 Å². The lowest BCUT2D eigenvalue weighted by Gasteiger charge is -2.25. The first-order chi connectivity index (χ1) is 19.8. The summed E-state index contributed by atoms with van der Waals surface area (Å²) in [5.41, 5.74) is 7.19. The highest BCUT2D eigenvalue weighted by Crippen LogP contribution is 2.37. The van der Waals surface area contributed by atoms with Crippen molar-refractivity contribution in [3.8, 4) is 22.5 Å². The van der Waals surface area contributed by atoms with Crippen molar-refractivity contribution in [1.82, 2.24) is 20.0 Å². The molecule has 9 heteroatoms. The van der Waals surface area contributed by atoms with Gasteiger partial charge in [0.25, 0.3) is 5.91 Å². The fraction of sp³-hybridized carbons (Fsp3) is 0.250. The number of rotatable bonds is 4. The molecule has 2 aromatic heterocycles. The molecule has 3 heterocycles. The molecule has 1 fully saturated rings. The first-order valence-corrected chi connectivity index (χ1v) is 14.4. The molecule has 41 heavy (non-hydrogen) atoms. The molecule has 0 atom stereocenters. The SMILES string of the molecule is Cc1cc2nc(-c3ccccc3)c(N3CCCN(C(=O)c4c(-c5c(Cl)cccc5Cl)noc4C)CC3)nc2cc1C. The predicted octanol–water partition coefficient (Wildman–Crippen LogP) is 7.54. The van der Waals surface area contributed by atoms with E-state index in [2.05, 4.69) is 48.2 Å². The van der Waals surface area contributed by atoms with Crippen molar-refractivity contribution in [3.63, 3.8) is 0 Å². The van der Waals surface area contributed by atoms with Crippen molar-refractivity contribution in [2.24, 2.45) is 0 Å². The van der Waals surface area contributed by atoms with Crippen molar-refractivity contribution in [2.45, 2.75) is 27.2 Å². The lowest BCUT2D eigenvalue weighted by atomic mass is 10.0. The number of anilines is 1. The summed E-state index contributed by atoms with van der Waals surface area (Å²) in [6.45, 7) is 8.33. The van der Waals surface area contributed by atoms with Gasteiger partial charge in [0, 0.05) is 37.3 Å². The summed E-state index contributed by atoms with van der Waals surface area (Å²) in [5.74, 6) is 1.10. The van der Waals surface area contributed by atoms with Crippen LogP contribution in [0.5, 0.6) is 0 Å². The Morgan fingerprint density at radius 1 is 0.805 bits per heavy atom. The number of amides is 1. The predicted molar refractivity (Wildman–Crippen MR) is 164 cm³/mol. The van der Waals surface area contributed by atoms with E-state index >= 15 is 0 Å². The average Bonchev–Trinajstić information content (AvgIpc) is 3.17. The van der Waals surface area contributed by atoms with Crippen LogP contribution >= 0.6 is 23.2 Å². The first kappa shape index (κ1) is 27.2. The lowest BCUT2D eigenvalue weighted by Crippen LogP contribution is -2.36. The van der Waals surface area contributed by atoms with Crippen molar-refractivity contribution in [2.75, 3.05) is 31.1 Å². The summed E-state index contributed by atoms with van der Waals surface area (Å²) in [5, 5.41) is 5.00. The number of hydrogen-bond acceptors (Lipinski definition) is 6. The summed E-state index contributed by atoms with van der Waals surface area (Å²) >= 11 is 12.9. The third-order valence-electron chi connectivity index (χ3n) is 7.67. The Balaban J connectivity index is 1.33. The quantitative estimate of drug-likeness (QED) is 0.217. The molecular weight excluding hydrogens is 557 g/mol. The van der Waals surface area contributed by atoms with Crippen molar-refractivity contribution >= 4 is 46.0 Å². The molecule has 0 N–H and O–H groups in total. The number of aromatic nitrogens is 3. The van der Waals surface area contributed by atoms with Gasteiger partial charge in [0.1, 0.15) is 22.7 Å². The van der Waals surface area contributed by atoms with E-state index in [1.165, 1.54) is 11.1 Å². The van der Waals surface area contributed by atoms with Crippen molar-refractivity contribution in [1.29, 1.82) is 0 Å². The molecule has 1 amide bonds. The van der Waals surface area contributed by atoms with Gasteiger partial charge in [0.15, 0.2) is 5.82 Å². The summed E-state index contributed by atoms with van der Waals surface area (Å²) in [6.07, 6.45) is 0.763. The van der Waals surface area contributed by atoms with Gasteiger partial charge in [-0.3, -0.25) is 4.79 Å². The Bertz CT molecular complexity index is 1750. The van der Waals surface area contributed by atoms with Crippen LogP contribution in [0.3, 0.4) is 0 Å². The van der Waals surface area contributed by atoms with Crippen LogP contribution < -0.4 is 4.90 Å². The van der Waals surface area contributed by atoms with E-state index in [0.717, 1.165) is 41.1 Å². The Hall–Kier alpha value is -3.94. The summed E-state index contributed by atoms with van der Waals surface area (Å²) in [6, 6.07) is 19.5. The molecule has 0 unspecified atom stereocenters. The number of benzene rings is 3. The van der Waals surface area contributed by atoms with E-state index in [-0.39, 0.29) is 5.91 Å². The maximum absolute atomic E-state index is 13.9. The van der Waals surface area contributed by atoms with Crippen LogP contribution in [0.2, 0.25) is 10.0 Å². The van der Waals surface area contributed by atoms with E-state index in [1.807, 2.05) is 23.1 Å². The number of aryl methyl sites for hydroxylation is 3. The van der Waals surface area contributed by atoms with Gasteiger partial charge in [0.2, 0.25) is 0 Å². The van der Waals surface area contributed by atoms with Crippen LogP contribution in [0.15, 0.2) is 65.2 Å². The fourth-order valence-electron chi connectivity index (χ4n) is 5.32. The number of nitrogens with zero attached hydrogens (tertiary/aromatic N) is 5. The number of fused-ring (bicyclic) bond motifs is 1. The van der Waals surface area contributed by atoms with Crippen LogP contribution in [-0.2, 0) is 0 Å². The Labute approximate surface area is 248 Å². The summed E-state index contributed by atoms with van der Waals surface area (Å²) in [7, 11) is 0. The number of carbonyl (C=O) groups excluding carboxylic acids is 1. The largest absolute Gasteiger partial charge is 0.360 e. The Morgan fingerprint density at radius 3 is 2.20 bits per heavy atom. The minimum atomic E-state index is -0.157. The Morgan fingerprint density at radius 2 is 1.49 bits per heavy atom. The van der Waals surface area contributed by atoms with Gasteiger partial charge in [-0.05, 0) is 62.6 Å². The number of hydrogen-bond donors (Lipinski definition) is 0. The minimum absolute atomic E-state index is 0.157. The zero-order valence-electron chi connectivity index (χ0n) is 23.1. The van der Waals surface area contributed by atoms with Gasteiger partial charge in [-0.2, -0.15) is 0 Å². The smallest absolute Gasteiger partial charge is 0.259 e. The lowest BCUT2D eigenvalue weighted by molar-refractivity contribution is 0.0766. The highest BCUT2D eigenvalue weighted by Gasteiger charge is 2.30. The molecule has 3 aromatic carbocycles. The van der Waals surface area contributed by atoms with E-state index in [0.29, 0.717) is 52.3 Å². The molecule has 208 valence electrons. The van der Waals surface area contributed by atoms with Gasteiger partial charge < -0.3 is 14.3 Å². The number of carbonyl (C=O) groups is 1. The standard InChI is InChI=1S/C32H29Cl2N5O2/c1-19-17-25-26(18-20(19)2)36-31(29(35-25)22-9-5-4-6-10-22)38-13-8-14-39(16-15-38)32(40)27-21(3)41-37-30(27)28-23(33)11-7-12-24(28)34/h4-7,9-12,17-18H,8,13-16H2,1-3H3. The van der Waals surface area contributed by atoms with Gasteiger partial charge in [-0.1, -0.05) is 64.8 Å². The molecule has 1 aliphatic rings. The summed E-state index contributed by atoms with van der Waals surface area (Å²) in [4.78, 5) is 28.2. The highest BCUT2D eigenvalue weighted by molar-refractivity contribution is 6.39. The molecule has 0 saturated carbocycles.